The van der Waals surface area contributed by atoms with E-state index in [0.29, 0.717) is 23.7 Å². The molecule has 66 valence electrons. The second kappa shape index (κ2) is 3.57. The fourth-order valence-electron chi connectivity index (χ4n) is 1.31. The van der Waals surface area contributed by atoms with E-state index in [1.165, 1.54) is 0 Å². The quantitative estimate of drug-likeness (QED) is 0.639. The summed E-state index contributed by atoms with van der Waals surface area (Å²) in [6.07, 6.45) is 5.11. The van der Waals surface area contributed by atoms with Gasteiger partial charge in [0.2, 0.25) is 0 Å². The van der Waals surface area contributed by atoms with Crippen molar-refractivity contribution in [3.63, 3.8) is 0 Å². The van der Waals surface area contributed by atoms with Gasteiger partial charge in [-0.25, -0.2) is 0 Å². The zero-order valence-electron chi connectivity index (χ0n) is 7.45. The van der Waals surface area contributed by atoms with E-state index in [9.17, 15) is 9.90 Å². The van der Waals surface area contributed by atoms with E-state index in [4.69, 9.17) is 0 Å². The fraction of sp³-hybridized carbons (Fsp3) is 0.500. The van der Waals surface area contributed by atoms with Gasteiger partial charge in [0.05, 0.1) is 5.57 Å². The number of carbonyl (C=O) groups is 1. The van der Waals surface area contributed by atoms with Gasteiger partial charge in [0, 0.05) is 0 Å². The van der Waals surface area contributed by atoms with Gasteiger partial charge in [-0.15, -0.1) is 0 Å². The number of hydrogen-bond acceptors (Lipinski definition) is 2. The summed E-state index contributed by atoms with van der Waals surface area (Å²) in [4.78, 5) is 10.5. The molecule has 0 aliphatic heterocycles. The summed E-state index contributed by atoms with van der Waals surface area (Å²) in [7, 11) is 0. The summed E-state index contributed by atoms with van der Waals surface area (Å²) in [5.41, 5.74) is 0.431. The highest BCUT2D eigenvalue weighted by molar-refractivity contribution is 5.79. The van der Waals surface area contributed by atoms with Crippen LogP contribution >= 0.6 is 0 Å². The largest absolute Gasteiger partial charge is 0.508 e. The first kappa shape index (κ1) is 9.04. The molecule has 0 amide bonds. The zero-order chi connectivity index (χ0) is 9.14. The second-order valence-corrected chi connectivity index (χ2v) is 3.47. The Hall–Kier alpha value is -1.05. The molecule has 1 unspecified atom stereocenters. The fourth-order valence-corrected chi connectivity index (χ4v) is 1.31. The van der Waals surface area contributed by atoms with Gasteiger partial charge >= 0.3 is 0 Å². The van der Waals surface area contributed by atoms with E-state index in [0.717, 1.165) is 6.42 Å². The minimum absolute atomic E-state index is 0.127. The number of hydrogen-bond donors (Lipinski definition) is 1. The molecule has 2 nitrogen and oxygen atoms in total. The summed E-state index contributed by atoms with van der Waals surface area (Å²) in [6, 6.07) is 0. The van der Waals surface area contributed by atoms with Crippen molar-refractivity contribution in [3.05, 3.63) is 23.5 Å². The zero-order valence-corrected chi connectivity index (χ0v) is 7.45. The van der Waals surface area contributed by atoms with E-state index in [1.807, 2.05) is 6.08 Å². The molecular formula is C10H14O2. The molecule has 2 heteroatoms. The van der Waals surface area contributed by atoms with E-state index in [2.05, 4.69) is 13.8 Å². The van der Waals surface area contributed by atoms with Crippen molar-refractivity contribution < 1.29 is 9.90 Å². The molecular weight excluding hydrogens is 152 g/mol. The van der Waals surface area contributed by atoms with Crippen LogP contribution in [0.3, 0.4) is 0 Å². The predicted molar refractivity (Wildman–Crippen MR) is 47.8 cm³/mol. The standard InChI is InChI=1S/C10H14O2/c1-7(2)8-3-4-10(12)9(5-8)6-11/h4-8,12H,3H2,1-2H3. The van der Waals surface area contributed by atoms with Crippen molar-refractivity contribution >= 4 is 6.29 Å². The monoisotopic (exact) mass is 166 g/mol. The molecule has 0 saturated carbocycles. The molecule has 0 aromatic heterocycles. The maximum atomic E-state index is 10.5. The highest BCUT2D eigenvalue weighted by Gasteiger charge is 2.16. The minimum Gasteiger partial charge on any atom is -0.508 e. The third-order valence-corrected chi connectivity index (χ3v) is 2.26. The Morgan fingerprint density at radius 2 is 2.33 bits per heavy atom. The van der Waals surface area contributed by atoms with Crippen molar-refractivity contribution in [1.29, 1.82) is 0 Å². The van der Waals surface area contributed by atoms with Gasteiger partial charge in [-0.05, 0) is 24.3 Å². The first-order valence-corrected chi connectivity index (χ1v) is 4.21. The Kier molecular flexibility index (Phi) is 2.69. The van der Waals surface area contributed by atoms with Crippen LogP contribution in [-0.4, -0.2) is 11.4 Å². The lowest BCUT2D eigenvalue weighted by Crippen LogP contribution is -2.10. The van der Waals surface area contributed by atoms with Gasteiger partial charge in [-0.2, -0.15) is 0 Å². The van der Waals surface area contributed by atoms with Crippen molar-refractivity contribution in [2.45, 2.75) is 20.3 Å². The van der Waals surface area contributed by atoms with Crippen LogP contribution in [0.4, 0.5) is 0 Å². The van der Waals surface area contributed by atoms with Crippen LogP contribution in [0, 0.1) is 11.8 Å². The first-order chi connectivity index (χ1) is 5.65. The first-order valence-electron chi connectivity index (χ1n) is 4.21. The van der Waals surface area contributed by atoms with Crippen molar-refractivity contribution in [1.82, 2.24) is 0 Å². The number of aliphatic hydroxyl groups is 1. The molecule has 0 spiro atoms. The maximum Gasteiger partial charge on any atom is 0.153 e. The molecule has 0 radical (unpaired) electrons. The number of aliphatic hydroxyl groups excluding tert-OH is 1. The van der Waals surface area contributed by atoms with Crippen LogP contribution < -0.4 is 0 Å². The van der Waals surface area contributed by atoms with Crippen LogP contribution in [0.1, 0.15) is 20.3 Å². The third-order valence-electron chi connectivity index (χ3n) is 2.26. The predicted octanol–water partition coefficient (Wildman–Crippen LogP) is 2.23. The van der Waals surface area contributed by atoms with Gasteiger partial charge in [-0.1, -0.05) is 19.9 Å². The maximum absolute atomic E-state index is 10.5. The lowest BCUT2D eigenvalue weighted by atomic mass is 9.87. The van der Waals surface area contributed by atoms with Crippen LogP contribution in [0.5, 0.6) is 0 Å². The summed E-state index contributed by atoms with van der Waals surface area (Å²) < 4.78 is 0. The molecule has 1 aliphatic carbocycles. The third kappa shape index (κ3) is 1.76. The molecule has 0 aromatic carbocycles. The molecule has 0 saturated heterocycles. The molecule has 1 rings (SSSR count). The topological polar surface area (TPSA) is 37.3 Å². The Labute approximate surface area is 72.6 Å². The SMILES string of the molecule is CC(C)C1C=C(C=O)C(O)=CC1. The van der Waals surface area contributed by atoms with E-state index in [-0.39, 0.29) is 5.76 Å². The molecule has 0 heterocycles. The van der Waals surface area contributed by atoms with E-state index >= 15 is 0 Å². The molecule has 0 aromatic rings. The Bertz CT molecular complexity index is 236. The van der Waals surface area contributed by atoms with E-state index < -0.39 is 0 Å². The van der Waals surface area contributed by atoms with Crippen molar-refractivity contribution in [2.24, 2.45) is 11.8 Å². The molecule has 0 bridgehead atoms. The highest BCUT2D eigenvalue weighted by Crippen LogP contribution is 2.25. The second-order valence-electron chi connectivity index (χ2n) is 3.47. The van der Waals surface area contributed by atoms with Gasteiger partial charge in [0.25, 0.3) is 0 Å². The van der Waals surface area contributed by atoms with Crippen LogP contribution in [0.2, 0.25) is 0 Å². The molecule has 1 aliphatic rings. The van der Waals surface area contributed by atoms with Crippen LogP contribution in [-0.2, 0) is 4.79 Å². The lowest BCUT2D eigenvalue weighted by Gasteiger charge is -2.19. The van der Waals surface area contributed by atoms with Crippen molar-refractivity contribution in [3.8, 4) is 0 Å². The Morgan fingerprint density at radius 3 is 2.83 bits per heavy atom. The minimum atomic E-state index is 0.127. The number of carbonyl (C=O) groups excluding carboxylic acids is 1. The van der Waals surface area contributed by atoms with Crippen LogP contribution in [0.15, 0.2) is 23.5 Å². The van der Waals surface area contributed by atoms with Gasteiger partial charge < -0.3 is 5.11 Å². The summed E-state index contributed by atoms with van der Waals surface area (Å²) in [5.74, 6) is 1.03. The average molecular weight is 166 g/mol. The number of allylic oxidation sites excluding steroid dienone is 3. The Balaban J connectivity index is 2.80. The summed E-state index contributed by atoms with van der Waals surface area (Å²) in [5, 5.41) is 9.23. The molecule has 12 heavy (non-hydrogen) atoms. The molecule has 1 atom stereocenters. The number of aldehydes is 1. The smallest absolute Gasteiger partial charge is 0.153 e. The van der Waals surface area contributed by atoms with Crippen LogP contribution in [0.25, 0.3) is 0 Å². The van der Waals surface area contributed by atoms with Crippen molar-refractivity contribution in [2.75, 3.05) is 0 Å². The molecule has 0 fully saturated rings. The van der Waals surface area contributed by atoms with Gasteiger partial charge in [0.1, 0.15) is 5.76 Å². The van der Waals surface area contributed by atoms with Gasteiger partial charge in [-0.3, -0.25) is 4.79 Å². The lowest BCUT2D eigenvalue weighted by molar-refractivity contribution is -0.105. The molecule has 1 N–H and O–H groups in total. The summed E-state index contributed by atoms with van der Waals surface area (Å²) >= 11 is 0. The van der Waals surface area contributed by atoms with Gasteiger partial charge in [0.15, 0.2) is 6.29 Å². The van der Waals surface area contributed by atoms with E-state index in [1.54, 1.807) is 6.08 Å². The highest BCUT2D eigenvalue weighted by atomic mass is 16.3. The Morgan fingerprint density at radius 1 is 1.67 bits per heavy atom. The summed E-state index contributed by atoms with van der Waals surface area (Å²) in [6.45, 7) is 4.22. The number of rotatable bonds is 2. The normalized spacial score (nSPS) is 23.4. The average Bonchev–Trinajstić information content (AvgIpc) is 2.05.